The molecule has 1 aliphatic rings. The molecule has 1 atom stereocenters. The number of benzene rings is 1. The lowest BCUT2D eigenvalue weighted by molar-refractivity contribution is -0.344. The van der Waals surface area contributed by atoms with E-state index in [1.165, 1.54) is 13.4 Å². The van der Waals surface area contributed by atoms with Crippen molar-refractivity contribution >= 4 is 22.8 Å². The Kier molecular flexibility index (Phi) is 3.26. The van der Waals surface area contributed by atoms with Crippen LogP contribution in [0.4, 0.5) is 5.95 Å². The first kappa shape index (κ1) is 14.4. The largest absolute Gasteiger partial charge is 0.466 e. The first-order valence-corrected chi connectivity index (χ1v) is 7.55. The number of aromatic nitrogens is 4. The number of hydrogen-bond donors (Lipinski definition) is 1. The van der Waals surface area contributed by atoms with Gasteiger partial charge in [0.1, 0.15) is 12.4 Å². The second-order valence-electron chi connectivity index (χ2n) is 5.60. The third kappa shape index (κ3) is 2.13. The number of nitrogens with zero attached hydrogens (tertiary/aromatic N) is 3. The van der Waals surface area contributed by atoms with Gasteiger partial charge in [0.05, 0.1) is 12.7 Å². The fraction of sp³-hybridized carbons (Fsp3) is 0.176. The molecule has 4 rings (SSSR count). The highest BCUT2D eigenvalue weighted by molar-refractivity contribution is 5.92. The third-order valence-electron chi connectivity index (χ3n) is 4.20. The summed E-state index contributed by atoms with van der Waals surface area (Å²) in [6.45, 7) is 1.84. The summed E-state index contributed by atoms with van der Waals surface area (Å²) in [6, 6.07) is 9.60. The molecule has 2 aromatic heterocycles. The molecule has 0 amide bonds. The maximum atomic E-state index is 12.4. The number of nitrogens with one attached hydrogen (secondary N) is 2. The number of methoxy groups -OCH3 is 1. The van der Waals surface area contributed by atoms with Crippen molar-refractivity contribution in [1.29, 1.82) is 0 Å². The maximum absolute atomic E-state index is 12.4. The van der Waals surface area contributed by atoms with Crippen LogP contribution in [-0.2, 0) is 9.53 Å². The Labute approximate surface area is 138 Å². The van der Waals surface area contributed by atoms with Crippen molar-refractivity contribution in [3.63, 3.8) is 0 Å². The highest BCUT2D eigenvalue weighted by Gasteiger charge is 2.34. The van der Waals surface area contributed by atoms with E-state index in [9.17, 15) is 4.79 Å². The molecule has 120 valence electrons. The smallest absolute Gasteiger partial charge is 0.338 e. The van der Waals surface area contributed by atoms with Gasteiger partial charge in [-0.25, -0.2) is 14.5 Å². The molecule has 7 heteroatoms. The number of allylic oxidation sites excluding steroid dienone is 1. The zero-order valence-corrected chi connectivity index (χ0v) is 13.3. The molecule has 0 saturated carbocycles. The molecule has 2 N–H and O–H groups in total. The molecular weight excluding hydrogens is 306 g/mol. The summed E-state index contributed by atoms with van der Waals surface area (Å²) < 4.78 is 6.69. The average molecular weight is 322 g/mol. The van der Waals surface area contributed by atoms with E-state index >= 15 is 0 Å². The predicted octanol–water partition coefficient (Wildman–Crippen LogP) is 1.71. The van der Waals surface area contributed by atoms with Crippen molar-refractivity contribution in [2.45, 2.75) is 13.0 Å². The van der Waals surface area contributed by atoms with Crippen molar-refractivity contribution < 1.29 is 14.5 Å². The Morgan fingerprint density at radius 1 is 1.38 bits per heavy atom. The molecule has 0 saturated heterocycles. The van der Waals surface area contributed by atoms with E-state index in [1.807, 2.05) is 43.5 Å². The van der Waals surface area contributed by atoms with Crippen LogP contribution in [0.1, 0.15) is 18.5 Å². The summed E-state index contributed by atoms with van der Waals surface area (Å²) in [6.07, 6.45) is 3.35. The van der Waals surface area contributed by atoms with Gasteiger partial charge in [-0.2, -0.15) is 10.1 Å². The number of carbonyl (C=O) groups excluding carboxylic acids is 1. The van der Waals surface area contributed by atoms with Crippen molar-refractivity contribution in [2.75, 3.05) is 12.4 Å². The second kappa shape index (κ2) is 5.45. The van der Waals surface area contributed by atoms with Gasteiger partial charge in [-0.1, -0.05) is 0 Å². The van der Waals surface area contributed by atoms with Crippen LogP contribution in [0.5, 0.6) is 0 Å². The summed E-state index contributed by atoms with van der Waals surface area (Å²) in [7, 11) is 1.38. The van der Waals surface area contributed by atoms with E-state index in [0.717, 1.165) is 16.5 Å². The van der Waals surface area contributed by atoms with E-state index < -0.39 is 0 Å². The zero-order valence-electron chi connectivity index (χ0n) is 13.3. The average Bonchev–Trinajstić information content (AvgIpc) is 3.07. The number of H-pyrrole nitrogens is 1. The van der Waals surface area contributed by atoms with Gasteiger partial charge in [0.15, 0.2) is 6.20 Å². The molecule has 7 nitrogen and oxygen atoms in total. The van der Waals surface area contributed by atoms with Gasteiger partial charge in [-0.3, -0.25) is 0 Å². The molecule has 1 aromatic carbocycles. The Morgan fingerprint density at radius 2 is 2.25 bits per heavy atom. The Balaban J connectivity index is 1.93. The van der Waals surface area contributed by atoms with Crippen LogP contribution in [0.3, 0.4) is 0 Å². The van der Waals surface area contributed by atoms with E-state index in [0.29, 0.717) is 17.2 Å². The van der Waals surface area contributed by atoms with Crippen LogP contribution in [0.2, 0.25) is 0 Å². The predicted molar refractivity (Wildman–Crippen MR) is 87.0 cm³/mol. The van der Waals surface area contributed by atoms with Gasteiger partial charge >= 0.3 is 5.97 Å². The molecule has 3 heterocycles. The van der Waals surface area contributed by atoms with Crippen LogP contribution in [0.15, 0.2) is 54.1 Å². The van der Waals surface area contributed by atoms with Gasteiger partial charge in [-0.15, -0.1) is 0 Å². The number of esters is 1. The molecule has 0 spiro atoms. The quantitative estimate of drug-likeness (QED) is 0.726. The van der Waals surface area contributed by atoms with Gasteiger partial charge in [-0.05, 0) is 30.7 Å². The molecule has 24 heavy (non-hydrogen) atoms. The van der Waals surface area contributed by atoms with Crippen molar-refractivity contribution in [2.24, 2.45) is 0 Å². The Morgan fingerprint density at radius 3 is 3.08 bits per heavy atom. The monoisotopic (exact) mass is 322 g/mol. The van der Waals surface area contributed by atoms with Gasteiger partial charge < -0.3 is 10.1 Å². The van der Waals surface area contributed by atoms with E-state index in [2.05, 4.69) is 20.4 Å². The molecule has 0 aliphatic carbocycles. The number of aromatic amines is 1. The SMILES string of the molecule is COC(=O)C1=C(C)Nc2ncnn2C1c1ccc2[nH+]cccc2c1. The van der Waals surface area contributed by atoms with Crippen LogP contribution >= 0.6 is 0 Å². The number of pyridine rings is 1. The number of ether oxygens (including phenoxy) is 1. The lowest BCUT2D eigenvalue weighted by Crippen LogP contribution is -2.29. The van der Waals surface area contributed by atoms with E-state index in [1.54, 1.807) is 4.68 Å². The topological polar surface area (TPSA) is 83.2 Å². The minimum Gasteiger partial charge on any atom is -0.466 e. The molecule has 1 unspecified atom stereocenters. The molecule has 0 radical (unpaired) electrons. The fourth-order valence-electron chi connectivity index (χ4n) is 3.08. The van der Waals surface area contributed by atoms with E-state index in [-0.39, 0.29) is 12.0 Å². The summed E-state index contributed by atoms with van der Waals surface area (Å²) in [5.74, 6) is 0.218. The minimum atomic E-state index is -0.388. The third-order valence-corrected chi connectivity index (χ3v) is 4.20. The standard InChI is InChI=1S/C17H15N5O2/c1-10-14(16(23)24-2)15(22-17(21-10)19-9-20-22)12-5-6-13-11(8-12)4-3-7-18-13/h3-9,15H,1-2H3,(H,19,20,21)/p+1. The minimum absolute atomic E-state index is 0.383. The highest BCUT2D eigenvalue weighted by atomic mass is 16.5. The second-order valence-corrected chi connectivity index (χ2v) is 5.60. The molecule has 0 bridgehead atoms. The zero-order chi connectivity index (χ0) is 16.7. The molecular formula is C17H16N5O2+. The first-order valence-electron chi connectivity index (χ1n) is 7.55. The van der Waals surface area contributed by atoms with Gasteiger partial charge in [0.2, 0.25) is 11.5 Å². The van der Waals surface area contributed by atoms with Crippen molar-refractivity contribution in [1.82, 2.24) is 14.8 Å². The van der Waals surface area contributed by atoms with Crippen LogP contribution < -0.4 is 10.3 Å². The molecule has 3 aromatic rings. The molecule has 1 aliphatic heterocycles. The summed E-state index contributed by atoms with van der Waals surface area (Å²) >= 11 is 0. The van der Waals surface area contributed by atoms with Gasteiger partial charge in [0, 0.05) is 23.2 Å². The van der Waals surface area contributed by atoms with Crippen LogP contribution in [0.25, 0.3) is 10.9 Å². The highest BCUT2D eigenvalue weighted by Crippen LogP contribution is 2.35. The van der Waals surface area contributed by atoms with Crippen molar-refractivity contribution in [3.8, 4) is 0 Å². The maximum Gasteiger partial charge on any atom is 0.338 e. The van der Waals surface area contributed by atoms with E-state index in [4.69, 9.17) is 4.74 Å². The lowest BCUT2D eigenvalue weighted by atomic mass is 9.94. The first-order chi connectivity index (χ1) is 11.7. The number of rotatable bonds is 2. The summed E-state index contributed by atoms with van der Waals surface area (Å²) in [5.41, 5.74) is 3.20. The summed E-state index contributed by atoms with van der Waals surface area (Å²) in [4.78, 5) is 19.8. The number of hydrogen-bond acceptors (Lipinski definition) is 5. The number of anilines is 1. The van der Waals surface area contributed by atoms with Crippen molar-refractivity contribution in [3.05, 3.63) is 59.7 Å². The fourth-order valence-corrected chi connectivity index (χ4v) is 3.08. The normalized spacial score (nSPS) is 16.7. The van der Waals surface area contributed by atoms with Gasteiger partial charge in [0.25, 0.3) is 0 Å². The lowest BCUT2D eigenvalue weighted by Gasteiger charge is -2.27. The van der Waals surface area contributed by atoms with Crippen LogP contribution in [0, 0.1) is 0 Å². The Bertz CT molecular complexity index is 976. The Hall–Kier alpha value is -3.22. The summed E-state index contributed by atoms with van der Waals surface area (Å²) in [5, 5.41) is 8.45. The van der Waals surface area contributed by atoms with Crippen LogP contribution in [-0.4, -0.2) is 27.8 Å². The number of carbonyl (C=O) groups is 1. The molecule has 0 fully saturated rings. The number of fused-ring (bicyclic) bond motifs is 2.